The van der Waals surface area contributed by atoms with Crippen LogP contribution in [0.4, 0.5) is 5.13 Å². The van der Waals surface area contributed by atoms with Gasteiger partial charge in [-0.1, -0.05) is 43.7 Å². The number of nitrogens with zero attached hydrogens (tertiary/aromatic N) is 4. The summed E-state index contributed by atoms with van der Waals surface area (Å²) in [6, 6.07) is 0.0712. The van der Waals surface area contributed by atoms with Crippen molar-refractivity contribution < 1.29 is 14.7 Å². The van der Waals surface area contributed by atoms with Gasteiger partial charge in [-0.3, -0.25) is 4.79 Å². The topological polar surface area (TPSA) is 86.1 Å². The predicted molar refractivity (Wildman–Crippen MR) is 112 cm³/mol. The van der Waals surface area contributed by atoms with Crippen LogP contribution in [0.25, 0.3) is 0 Å². The number of allylic oxidation sites excluding steroid dienone is 1. The Balaban J connectivity index is 1.67. The Kier molecular flexibility index (Phi) is 6.40. The molecule has 3 heterocycles. The van der Waals surface area contributed by atoms with Gasteiger partial charge in [-0.25, -0.2) is 14.8 Å². The molecule has 0 aliphatic carbocycles. The van der Waals surface area contributed by atoms with E-state index in [0.29, 0.717) is 59.0 Å². The van der Waals surface area contributed by atoms with Crippen molar-refractivity contribution in [2.75, 3.05) is 24.5 Å². The molecule has 1 fully saturated rings. The van der Waals surface area contributed by atoms with Crippen LogP contribution in [0, 0.1) is 0 Å². The van der Waals surface area contributed by atoms with Gasteiger partial charge in [-0.05, 0) is 24.8 Å². The average Bonchev–Trinajstić information content (AvgIpc) is 3.22. The van der Waals surface area contributed by atoms with Gasteiger partial charge in [0.15, 0.2) is 5.13 Å². The molecule has 3 rings (SSSR count). The van der Waals surface area contributed by atoms with Crippen LogP contribution in [-0.4, -0.2) is 58.3 Å². The van der Waals surface area contributed by atoms with E-state index >= 15 is 0 Å². The second-order valence-corrected chi connectivity index (χ2v) is 8.31. The second-order valence-electron chi connectivity index (χ2n) is 6.97. The molecule has 152 valence electrons. The van der Waals surface area contributed by atoms with E-state index < -0.39 is 5.97 Å². The average molecular weight is 425 g/mol. The van der Waals surface area contributed by atoms with Crippen LogP contribution in [-0.2, 0) is 11.2 Å². The molecule has 0 saturated carbocycles. The zero-order valence-corrected chi connectivity index (χ0v) is 17.9. The number of hydrogen-bond donors (Lipinski definition) is 1. The highest BCUT2D eigenvalue weighted by Gasteiger charge is 2.38. The van der Waals surface area contributed by atoms with Crippen LogP contribution in [0.2, 0.25) is 0 Å². The smallest absolute Gasteiger partial charge is 0.347 e. The molecule has 0 radical (unpaired) electrons. The first-order chi connectivity index (χ1) is 13.4. The molecule has 0 bridgehead atoms. The number of carboxylic acids is 1. The van der Waals surface area contributed by atoms with Crippen molar-refractivity contribution in [1.82, 2.24) is 9.88 Å². The third-order valence-electron chi connectivity index (χ3n) is 5.09. The molecule has 2 aliphatic heterocycles. The number of carboxylic acid groups (broad SMARTS) is 1. The van der Waals surface area contributed by atoms with Crippen molar-refractivity contribution in [1.29, 1.82) is 0 Å². The number of aromatic carboxylic acids is 1. The summed E-state index contributed by atoms with van der Waals surface area (Å²) < 4.78 is 0. The Bertz CT molecular complexity index is 842. The Morgan fingerprint density at radius 3 is 2.50 bits per heavy atom. The molecule has 1 saturated heterocycles. The van der Waals surface area contributed by atoms with E-state index in [4.69, 9.17) is 11.6 Å². The van der Waals surface area contributed by atoms with E-state index in [1.165, 1.54) is 11.3 Å². The lowest BCUT2D eigenvalue weighted by Crippen LogP contribution is -2.62. The van der Waals surface area contributed by atoms with Crippen LogP contribution in [0.3, 0.4) is 0 Å². The zero-order chi connectivity index (χ0) is 20.4. The van der Waals surface area contributed by atoms with Crippen LogP contribution >= 0.6 is 22.9 Å². The molecule has 28 heavy (non-hydrogen) atoms. The highest BCUT2D eigenvalue weighted by Crippen LogP contribution is 2.32. The molecule has 7 nitrogen and oxygen atoms in total. The number of amides is 1. The number of thiazole rings is 1. The highest BCUT2D eigenvalue weighted by atomic mass is 35.5. The minimum Gasteiger partial charge on any atom is -0.477 e. The molecule has 1 amide bonds. The molecule has 2 aliphatic rings. The van der Waals surface area contributed by atoms with Crippen LogP contribution in [0.1, 0.15) is 55.4 Å². The Morgan fingerprint density at radius 2 is 2.00 bits per heavy atom. The van der Waals surface area contributed by atoms with E-state index in [2.05, 4.69) is 9.98 Å². The maximum absolute atomic E-state index is 13.0. The maximum Gasteiger partial charge on any atom is 0.347 e. The van der Waals surface area contributed by atoms with Crippen molar-refractivity contribution in [2.45, 2.75) is 52.5 Å². The first-order valence-corrected chi connectivity index (χ1v) is 10.8. The molecule has 1 aromatic rings. The van der Waals surface area contributed by atoms with Crippen molar-refractivity contribution in [3.63, 3.8) is 0 Å². The molecule has 1 aromatic heterocycles. The minimum atomic E-state index is -0.934. The number of carbonyl (C=O) groups excluding carboxylic acids is 1. The van der Waals surface area contributed by atoms with E-state index in [-0.39, 0.29) is 11.9 Å². The van der Waals surface area contributed by atoms with Gasteiger partial charge in [0, 0.05) is 26.1 Å². The number of anilines is 1. The fourth-order valence-corrected chi connectivity index (χ4v) is 4.77. The summed E-state index contributed by atoms with van der Waals surface area (Å²) in [5.74, 6) is -0.983. The van der Waals surface area contributed by atoms with Gasteiger partial charge in [0.25, 0.3) is 5.91 Å². The number of aliphatic imine (C=N–C) groups is 1. The zero-order valence-electron chi connectivity index (χ0n) is 16.4. The fourth-order valence-electron chi connectivity index (χ4n) is 3.45. The number of aromatic nitrogens is 1. The molecule has 9 heteroatoms. The van der Waals surface area contributed by atoms with Gasteiger partial charge in [0.2, 0.25) is 0 Å². The molecule has 0 unspecified atom stereocenters. The third kappa shape index (κ3) is 3.93. The molecule has 0 aromatic carbocycles. The van der Waals surface area contributed by atoms with Gasteiger partial charge < -0.3 is 14.9 Å². The summed E-state index contributed by atoms with van der Waals surface area (Å²) in [7, 11) is 0. The minimum absolute atomic E-state index is 0.0484. The standard InChI is InChI=1S/C19H25ClN4O3S/c1-4-7-24(17(25)14-8-11(5-2)16(20)21-14)12-9-23(10-12)19-22-13(6-3)15(28-19)18(26)27/h12H,4-10H2,1-3H3,(H,26,27). The number of halogens is 1. The SMILES string of the molecule is CCCN(C(=O)C1=NC(Cl)=C(CC)C1)C1CN(c2nc(CC)c(C(=O)O)s2)C1. The largest absolute Gasteiger partial charge is 0.477 e. The molecular formula is C19H25ClN4O3S. The number of carbonyl (C=O) groups is 2. The van der Waals surface area contributed by atoms with Crippen molar-refractivity contribution in [3.05, 3.63) is 21.3 Å². The molecular weight excluding hydrogens is 400 g/mol. The normalized spacial score (nSPS) is 17.0. The van der Waals surface area contributed by atoms with E-state index in [1.54, 1.807) is 0 Å². The quantitative estimate of drug-likeness (QED) is 0.645. The molecule has 0 atom stereocenters. The number of hydrogen-bond acceptors (Lipinski definition) is 6. The van der Waals surface area contributed by atoms with Gasteiger partial charge >= 0.3 is 5.97 Å². The van der Waals surface area contributed by atoms with Crippen LogP contribution in [0.15, 0.2) is 15.7 Å². The van der Waals surface area contributed by atoms with Crippen LogP contribution < -0.4 is 4.90 Å². The van der Waals surface area contributed by atoms with Crippen molar-refractivity contribution in [3.8, 4) is 0 Å². The monoisotopic (exact) mass is 424 g/mol. The lowest BCUT2D eigenvalue weighted by Gasteiger charge is -2.45. The highest BCUT2D eigenvalue weighted by molar-refractivity contribution is 7.17. The van der Waals surface area contributed by atoms with E-state index in [1.807, 2.05) is 30.6 Å². The van der Waals surface area contributed by atoms with E-state index in [9.17, 15) is 14.7 Å². The number of rotatable bonds is 8. The van der Waals surface area contributed by atoms with Gasteiger partial charge in [0.1, 0.15) is 15.7 Å². The Morgan fingerprint density at radius 1 is 1.29 bits per heavy atom. The molecule has 0 spiro atoms. The Labute approximate surface area is 173 Å². The first-order valence-electron chi connectivity index (χ1n) is 9.63. The summed E-state index contributed by atoms with van der Waals surface area (Å²) in [5, 5.41) is 10.5. The second kappa shape index (κ2) is 8.61. The molecule has 1 N–H and O–H groups in total. The number of aryl methyl sites for hydroxylation is 1. The summed E-state index contributed by atoms with van der Waals surface area (Å²) in [4.78, 5) is 37.4. The third-order valence-corrected chi connectivity index (χ3v) is 6.59. The summed E-state index contributed by atoms with van der Waals surface area (Å²) in [6.45, 7) is 7.92. The van der Waals surface area contributed by atoms with Crippen LogP contribution in [0.5, 0.6) is 0 Å². The lowest BCUT2D eigenvalue weighted by atomic mass is 10.0. The van der Waals surface area contributed by atoms with Crippen molar-refractivity contribution in [2.24, 2.45) is 4.99 Å². The van der Waals surface area contributed by atoms with Gasteiger partial charge in [0.05, 0.1) is 11.7 Å². The summed E-state index contributed by atoms with van der Waals surface area (Å²) in [6.07, 6.45) is 2.76. The first kappa shape index (κ1) is 20.8. The Hall–Kier alpha value is -1.93. The van der Waals surface area contributed by atoms with Crippen molar-refractivity contribution >= 4 is 45.7 Å². The maximum atomic E-state index is 13.0. The van der Waals surface area contributed by atoms with E-state index in [0.717, 1.165) is 18.4 Å². The predicted octanol–water partition coefficient (Wildman–Crippen LogP) is 3.54. The van der Waals surface area contributed by atoms with Gasteiger partial charge in [-0.2, -0.15) is 0 Å². The van der Waals surface area contributed by atoms with Gasteiger partial charge in [-0.15, -0.1) is 0 Å². The summed E-state index contributed by atoms with van der Waals surface area (Å²) >= 11 is 7.35. The lowest BCUT2D eigenvalue weighted by molar-refractivity contribution is -0.126. The fraction of sp³-hybridized carbons (Fsp3) is 0.579. The summed E-state index contributed by atoms with van der Waals surface area (Å²) in [5.41, 5.74) is 2.14.